The summed E-state index contributed by atoms with van der Waals surface area (Å²) in [4.78, 5) is 7.16. The first-order chi connectivity index (χ1) is 15.3. The molecule has 0 saturated carbocycles. The summed E-state index contributed by atoms with van der Waals surface area (Å²) in [5, 5.41) is 2.01. The molecular formula is C27H28ClN3. The maximum atomic E-state index is 6.37. The van der Waals surface area contributed by atoms with Gasteiger partial charge in [0, 0.05) is 52.2 Å². The van der Waals surface area contributed by atoms with Crippen molar-refractivity contribution in [3.05, 3.63) is 78.2 Å². The summed E-state index contributed by atoms with van der Waals surface area (Å²) in [7, 11) is 0. The largest absolute Gasteiger partial charge is 0.347 e. The van der Waals surface area contributed by atoms with Gasteiger partial charge >= 0.3 is 0 Å². The molecule has 0 atom stereocenters. The third-order valence-electron chi connectivity index (χ3n) is 6.32. The van der Waals surface area contributed by atoms with E-state index in [0.29, 0.717) is 0 Å². The Labute approximate surface area is 189 Å². The minimum Gasteiger partial charge on any atom is -0.347 e. The predicted molar refractivity (Wildman–Crippen MR) is 131 cm³/mol. The molecule has 158 valence electrons. The molecule has 31 heavy (non-hydrogen) atoms. The van der Waals surface area contributed by atoms with Gasteiger partial charge in [0.25, 0.3) is 0 Å². The summed E-state index contributed by atoms with van der Waals surface area (Å²) in [5.41, 5.74) is 5.88. The fourth-order valence-electron chi connectivity index (χ4n) is 4.70. The van der Waals surface area contributed by atoms with Crippen molar-refractivity contribution in [3.8, 4) is 22.3 Å². The van der Waals surface area contributed by atoms with Crippen molar-refractivity contribution < 1.29 is 0 Å². The van der Waals surface area contributed by atoms with Crippen LogP contribution < -0.4 is 0 Å². The highest BCUT2D eigenvalue weighted by Gasteiger charge is 2.14. The number of pyridine rings is 1. The molecule has 4 heteroatoms. The fraction of sp³-hybridized carbons (Fsp3) is 0.296. The zero-order valence-electron chi connectivity index (χ0n) is 17.8. The van der Waals surface area contributed by atoms with Gasteiger partial charge < -0.3 is 9.47 Å². The van der Waals surface area contributed by atoms with Crippen LogP contribution in [0.1, 0.15) is 25.7 Å². The van der Waals surface area contributed by atoms with Gasteiger partial charge in [-0.15, -0.1) is 0 Å². The topological polar surface area (TPSA) is 21.1 Å². The van der Waals surface area contributed by atoms with Crippen molar-refractivity contribution in [1.82, 2.24) is 14.5 Å². The van der Waals surface area contributed by atoms with Crippen LogP contribution in [0.2, 0.25) is 5.02 Å². The molecule has 0 radical (unpaired) electrons. The van der Waals surface area contributed by atoms with Crippen molar-refractivity contribution in [3.63, 3.8) is 0 Å². The summed E-state index contributed by atoms with van der Waals surface area (Å²) >= 11 is 6.37. The number of rotatable bonds is 6. The number of nitrogens with zero attached hydrogens (tertiary/aromatic N) is 3. The monoisotopic (exact) mass is 429 g/mol. The average Bonchev–Trinajstić information content (AvgIpc) is 3.18. The van der Waals surface area contributed by atoms with Crippen molar-refractivity contribution in [1.29, 1.82) is 0 Å². The molecule has 3 heterocycles. The lowest BCUT2D eigenvalue weighted by Gasteiger charge is -2.26. The molecule has 2 aromatic heterocycles. The minimum absolute atomic E-state index is 0.783. The Morgan fingerprint density at radius 2 is 1.61 bits per heavy atom. The zero-order valence-corrected chi connectivity index (χ0v) is 18.6. The number of piperidine rings is 1. The Hall–Kier alpha value is -2.62. The number of likely N-dealkylation sites (tertiary alicyclic amines) is 1. The quantitative estimate of drug-likeness (QED) is 0.332. The number of aryl methyl sites for hydroxylation is 1. The molecule has 0 amide bonds. The van der Waals surface area contributed by atoms with Crippen molar-refractivity contribution >= 4 is 22.5 Å². The molecule has 3 nitrogen and oxygen atoms in total. The second-order valence-electron chi connectivity index (χ2n) is 8.48. The zero-order chi connectivity index (χ0) is 21.0. The summed E-state index contributed by atoms with van der Waals surface area (Å²) in [6.45, 7) is 4.67. The molecule has 0 aliphatic carbocycles. The van der Waals surface area contributed by atoms with E-state index in [2.05, 4.69) is 63.1 Å². The van der Waals surface area contributed by atoms with Crippen LogP contribution in [-0.2, 0) is 6.54 Å². The molecule has 0 spiro atoms. The minimum atomic E-state index is 0.783. The Bertz CT molecular complexity index is 1160. The second-order valence-corrected chi connectivity index (χ2v) is 8.92. The SMILES string of the molecule is Clc1ccc2c(-c3cncc(-c4ccccc4)c3)cn(CCCN3CCCCC3)c2c1. The summed E-state index contributed by atoms with van der Waals surface area (Å²) in [6.07, 6.45) is 11.4. The highest BCUT2D eigenvalue weighted by molar-refractivity contribution is 6.31. The first-order valence-corrected chi connectivity index (χ1v) is 11.7. The van der Waals surface area contributed by atoms with E-state index in [0.717, 1.165) is 29.1 Å². The molecule has 5 rings (SSSR count). The van der Waals surface area contributed by atoms with E-state index in [1.807, 2.05) is 24.5 Å². The van der Waals surface area contributed by atoms with Gasteiger partial charge in [0.05, 0.1) is 5.52 Å². The summed E-state index contributed by atoms with van der Waals surface area (Å²) < 4.78 is 2.37. The standard InChI is InChI=1S/C27H28ClN3/c28-24-10-11-25-26(23-16-22(18-29-19-23)21-8-3-1-4-9-21)20-31(27(25)17-24)15-7-14-30-12-5-2-6-13-30/h1,3-4,8-11,16-20H,2,5-7,12-15H2. The van der Waals surface area contributed by atoms with Crippen molar-refractivity contribution in [2.45, 2.75) is 32.2 Å². The van der Waals surface area contributed by atoms with E-state index in [1.165, 1.54) is 60.9 Å². The fourth-order valence-corrected chi connectivity index (χ4v) is 4.87. The predicted octanol–water partition coefficient (Wildman–Crippen LogP) is 6.90. The number of fused-ring (bicyclic) bond motifs is 1. The smallest absolute Gasteiger partial charge is 0.0501 e. The third kappa shape index (κ3) is 4.53. The van der Waals surface area contributed by atoms with Crippen LogP contribution >= 0.6 is 11.6 Å². The number of benzene rings is 2. The van der Waals surface area contributed by atoms with E-state index in [4.69, 9.17) is 11.6 Å². The van der Waals surface area contributed by atoms with Gasteiger partial charge in [0.1, 0.15) is 0 Å². The normalized spacial score (nSPS) is 14.9. The summed E-state index contributed by atoms with van der Waals surface area (Å²) in [5.74, 6) is 0. The van der Waals surface area contributed by atoms with Gasteiger partial charge in [0.2, 0.25) is 0 Å². The lowest BCUT2D eigenvalue weighted by molar-refractivity contribution is 0.223. The molecule has 2 aromatic carbocycles. The van der Waals surface area contributed by atoms with E-state index < -0.39 is 0 Å². The van der Waals surface area contributed by atoms with Crippen LogP contribution in [0.4, 0.5) is 0 Å². The van der Waals surface area contributed by atoms with Gasteiger partial charge in [-0.1, -0.05) is 54.4 Å². The van der Waals surface area contributed by atoms with Crippen molar-refractivity contribution in [2.75, 3.05) is 19.6 Å². The highest BCUT2D eigenvalue weighted by atomic mass is 35.5. The average molecular weight is 430 g/mol. The molecule has 1 saturated heterocycles. The number of hydrogen-bond acceptors (Lipinski definition) is 2. The highest BCUT2D eigenvalue weighted by Crippen LogP contribution is 2.34. The van der Waals surface area contributed by atoms with E-state index >= 15 is 0 Å². The van der Waals surface area contributed by atoms with Gasteiger partial charge in [-0.25, -0.2) is 0 Å². The molecule has 1 aliphatic rings. The molecule has 1 aliphatic heterocycles. The number of halogens is 1. The Balaban J connectivity index is 1.45. The molecular weight excluding hydrogens is 402 g/mol. The van der Waals surface area contributed by atoms with Crippen molar-refractivity contribution in [2.24, 2.45) is 0 Å². The van der Waals surface area contributed by atoms with Crippen LogP contribution in [-0.4, -0.2) is 34.1 Å². The van der Waals surface area contributed by atoms with Crippen LogP contribution in [0, 0.1) is 0 Å². The summed E-state index contributed by atoms with van der Waals surface area (Å²) in [6, 6.07) is 18.9. The molecule has 0 N–H and O–H groups in total. The van der Waals surface area contributed by atoms with E-state index in [-0.39, 0.29) is 0 Å². The Morgan fingerprint density at radius 3 is 2.45 bits per heavy atom. The van der Waals surface area contributed by atoms with Gasteiger partial charge in [-0.05, 0) is 62.7 Å². The lowest BCUT2D eigenvalue weighted by atomic mass is 10.0. The van der Waals surface area contributed by atoms with Crippen LogP contribution in [0.15, 0.2) is 73.2 Å². The molecule has 0 unspecified atom stereocenters. The van der Waals surface area contributed by atoms with Crippen LogP contribution in [0.3, 0.4) is 0 Å². The Kier molecular flexibility index (Phi) is 6.06. The maximum absolute atomic E-state index is 6.37. The second kappa shape index (κ2) is 9.25. The molecule has 4 aromatic rings. The number of hydrogen-bond donors (Lipinski definition) is 0. The molecule has 1 fully saturated rings. The maximum Gasteiger partial charge on any atom is 0.0501 e. The van der Waals surface area contributed by atoms with Gasteiger partial charge in [0.15, 0.2) is 0 Å². The Morgan fingerprint density at radius 1 is 0.806 bits per heavy atom. The van der Waals surface area contributed by atoms with Gasteiger partial charge in [-0.3, -0.25) is 4.98 Å². The van der Waals surface area contributed by atoms with Crippen LogP contribution in [0.5, 0.6) is 0 Å². The lowest BCUT2D eigenvalue weighted by Crippen LogP contribution is -2.31. The number of aromatic nitrogens is 2. The first-order valence-electron chi connectivity index (χ1n) is 11.3. The van der Waals surface area contributed by atoms with Gasteiger partial charge in [-0.2, -0.15) is 0 Å². The first kappa shape index (κ1) is 20.3. The third-order valence-corrected chi connectivity index (χ3v) is 6.56. The van der Waals surface area contributed by atoms with E-state index in [1.54, 1.807) is 0 Å². The van der Waals surface area contributed by atoms with E-state index in [9.17, 15) is 0 Å². The van der Waals surface area contributed by atoms with Crippen LogP contribution in [0.25, 0.3) is 33.2 Å². The molecule has 0 bridgehead atoms.